The van der Waals surface area contributed by atoms with Gasteiger partial charge in [0.05, 0.1) is 17.6 Å². The van der Waals surface area contributed by atoms with Crippen LogP contribution in [0.25, 0.3) is 28.2 Å². The average Bonchev–Trinajstić information content (AvgIpc) is 3.60. The van der Waals surface area contributed by atoms with Crippen molar-refractivity contribution in [2.45, 2.75) is 13.0 Å². The van der Waals surface area contributed by atoms with Gasteiger partial charge in [-0.05, 0) is 30.7 Å². The zero-order chi connectivity index (χ0) is 23.2. The van der Waals surface area contributed by atoms with E-state index in [9.17, 15) is 9.18 Å². The first kappa shape index (κ1) is 20.0. The van der Waals surface area contributed by atoms with Crippen molar-refractivity contribution < 1.29 is 13.9 Å². The number of benzene rings is 1. The number of pyridine rings is 1. The quantitative estimate of drug-likeness (QED) is 0.438. The Morgan fingerprint density at radius 1 is 1.09 bits per heavy atom. The van der Waals surface area contributed by atoms with Crippen LogP contribution in [0, 0.1) is 12.7 Å². The maximum atomic E-state index is 13.7. The van der Waals surface area contributed by atoms with Gasteiger partial charge in [0.1, 0.15) is 30.6 Å². The Hall–Kier alpha value is -4.67. The number of hydrogen-bond acceptors (Lipinski definition) is 7. The monoisotopic (exact) mass is 456 g/mol. The molecule has 10 nitrogen and oxygen atoms in total. The fraction of sp³-hybridized carbons (Fsp3) is 0.130. The third-order valence-electron chi connectivity index (χ3n) is 5.73. The molecule has 5 aromatic rings. The molecular formula is C23H17FN8O2. The molecule has 1 aliphatic rings. The number of carbonyl (C=O) groups excluding carboxylic acids is 1. The van der Waals surface area contributed by atoms with Crippen molar-refractivity contribution >= 4 is 17.6 Å². The number of rotatable bonds is 4. The molecule has 1 aliphatic heterocycles. The number of carbonyl (C=O) groups is 1. The van der Waals surface area contributed by atoms with Gasteiger partial charge in [-0.1, -0.05) is 24.3 Å². The summed E-state index contributed by atoms with van der Waals surface area (Å²) in [6.45, 7) is 1.68. The second kappa shape index (κ2) is 7.73. The number of aromatic nitrogens is 7. The summed E-state index contributed by atoms with van der Waals surface area (Å²) in [6, 6.07) is 11.8. The number of cyclic esters (lactones) is 1. The molecule has 1 amide bonds. The first-order valence-corrected chi connectivity index (χ1v) is 10.5. The summed E-state index contributed by atoms with van der Waals surface area (Å²) in [4.78, 5) is 27.2. The van der Waals surface area contributed by atoms with Gasteiger partial charge >= 0.3 is 6.09 Å². The van der Waals surface area contributed by atoms with E-state index in [1.165, 1.54) is 17.3 Å². The second-order valence-corrected chi connectivity index (χ2v) is 7.78. The first-order valence-electron chi connectivity index (χ1n) is 10.5. The number of fused-ring (bicyclic) bond motifs is 1. The molecule has 0 spiro atoms. The minimum Gasteiger partial charge on any atom is -0.446 e. The van der Waals surface area contributed by atoms with Crippen molar-refractivity contribution in [3.05, 3.63) is 78.4 Å². The summed E-state index contributed by atoms with van der Waals surface area (Å²) in [6.07, 6.45) is 4.44. The molecule has 5 heterocycles. The lowest BCUT2D eigenvalue weighted by atomic mass is 10.1. The Labute approximate surface area is 192 Å². The number of nitrogens with zero attached hydrogens (tertiary/aromatic N) is 7. The highest BCUT2D eigenvalue weighted by Gasteiger charge is 2.37. The Balaban J connectivity index is 1.38. The molecule has 1 atom stereocenters. The van der Waals surface area contributed by atoms with E-state index < -0.39 is 18.0 Å². The fourth-order valence-corrected chi connectivity index (χ4v) is 3.99. The van der Waals surface area contributed by atoms with Crippen molar-refractivity contribution in [3.8, 4) is 22.5 Å². The standard InChI is InChI=1S/C23H17FN8O2/c1-13-17(24)6-7-18(28-13)19-11-34-23(33)32(19)20-8-9-31-22(29-20)16(10-27-31)14-2-4-15(5-3-14)21-25-12-26-30-21/h2-10,12,19H,11H2,1H3,(H,25,26,30). The van der Waals surface area contributed by atoms with Crippen molar-refractivity contribution in [1.82, 2.24) is 34.8 Å². The second-order valence-electron chi connectivity index (χ2n) is 7.78. The van der Waals surface area contributed by atoms with Crippen LogP contribution in [0.15, 0.2) is 61.2 Å². The van der Waals surface area contributed by atoms with E-state index in [2.05, 4.69) is 25.3 Å². The highest BCUT2D eigenvalue weighted by atomic mass is 19.1. The molecule has 1 fully saturated rings. The van der Waals surface area contributed by atoms with E-state index >= 15 is 0 Å². The molecule has 0 radical (unpaired) electrons. The molecule has 4 aromatic heterocycles. The summed E-state index contributed by atoms with van der Waals surface area (Å²) < 4.78 is 20.7. The van der Waals surface area contributed by atoms with E-state index in [1.54, 1.807) is 36.0 Å². The zero-order valence-electron chi connectivity index (χ0n) is 17.9. The van der Waals surface area contributed by atoms with Crippen LogP contribution < -0.4 is 4.90 Å². The summed E-state index contributed by atoms with van der Waals surface area (Å²) >= 11 is 0. The summed E-state index contributed by atoms with van der Waals surface area (Å²) in [5.74, 6) is 0.594. The van der Waals surface area contributed by atoms with Crippen LogP contribution in [0.2, 0.25) is 0 Å². The predicted octanol–water partition coefficient (Wildman–Crippen LogP) is 3.72. The third-order valence-corrected chi connectivity index (χ3v) is 5.73. The van der Waals surface area contributed by atoms with Gasteiger partial charge in [-0.3, -0.25) is 10.1 Å². The number of hydrogen-bond donors (Lipinski definition) is 1. The zero-order valence-corrected chi connectivity index (χ0v) is 17.9. The summed E-state index contributed by atoms with van der Waals surface area (Å²) in [5, 5.41) is 11.2. The van der Waals surface area contributed by atoms with Gasteiger partial charge in [0.2, 0.25) is 0 Å². The number of anilines is 1. The summed E-state index contributed by atoms with van der Waals surface area (Å²) in [5.41, 5.74) is 3.93. The first-order chi connectivity index (χ1) is 16.6. The number of aryl methyl sites for hydroxylation is 1. The van der Waals surface area contributed by atoms with Crippen LogP contribution in [-0.2, 0) is 4.74 Å². The molecule has 168 valence electrons. The lowest BCUT2D eigenvalue weighted by Crippen LogP contribution is -2.29. The van der Waals surface area contributed by atoms with Crippen LogP contribution in [-0.4, -0.2) is 47.5 Å². The average molecular weight is 456 g/mol. The van der Waals surface area contributed by atoms with Crippen molar-refractivity contribution in [3.63, 3.8) is 0 Å². The Kier molecular flexibility index (Phi) is 4.54. The third kappa shape index (κ3) is 3.25. The summed E-state index contributed by atoms with van der Waals surface area (Å²) in [7, 11) is 0. The SMILES string of the molecule is Cc1nc(C2COC(=O)N2c2ccn3ncc(-c4ccc(-c5nc[nH]n5)cc4)c3n2)ccc1F. The number of halogens is 1. The molecule has 1 N–H and O–H groups in total. The highest BCUT2D eigenvalue weighted by Crippen LogP contribution is 2.33. The van der Waals surface area contributed by atoms with Gasteiger partial charge < -0.3 is 4.74 Å². The molecule has 1 aromatic carbocycles. The maximum absolute atomic E-state index is 13.7. The molecule has 0 aliphatic carbocycles. The Bertz CT molecular complexity index is 1510. The molecule has 11 heteroatoms. The molecular weight excluding hydrogens is 439 g/mol. The van der Waals surface area contributed by atoms with Gasteiger partial charge in [0.25, 0.3) is 0 Å². The Morgan fingerprint density at radius 3 is 2.68 bits per heavy atom. The predicted molar refractivity (Wildman–Crippen MR) is 119 cm³/mol. The van der Waals surface area contributed by atoms with E-state index in [1.807, 2.05) is 24.3 Å². The molecule has 1 saturated heterocycles. The lowest BCUT2D eigenvalue weighted by molar-refractivity contribution is 0.178. The van der Waals surface area contributed by atoms with Crippen molar-refractivity contribution in [2.24, 2.45) is 0 Å². The maximum Gasteiger partial charge on any atom is 0.416 e. The largest absolute Gasteiger partial charge is 0.446 e. The van der Waals surface area contributed by atoms with Gasteiger partial charge in [-0.2, -0.15) is 10.2 Å². The van der Waals surface area contributed by atoms with E-state index in [0.717, 1.165) is 16.7 Å². The molecule has 1 unspecified atom stereocenters. The number of ether oxygens (including phenoxy) is 1. The minimum absolute atomic E-state index is 0.0958. The van der Waals surface area contributed by atoms with Gasteiger partial charge in [-0.15, -0.1) is 0 Å². The number of aromatic amines is 1. The topological polar surface area (TPSA) is 114 Å². The van der Waals surface area contributed by atoms with Crippen LogP contribution in [0.1, 0.15) is 17.4 Å². The van der Waals surface area contributed by atoms with E-state index in [-0.39, 0.29) is 12.3 Å². The smallest absolute Gasteiger partial charge is 0.416 e. The number of nitrogens with one attached hydrogen (secondary N) is 1. The minimum atomic E-state index is -0.539. The lowest BCUT2D eigenvalue weighted by Gasteiger charge is -2.20. The van der Waals surface area contributed by atoms with Gasteiger partial charge in [0, 0.05) is 17.3 Å². The van der Waals surface area contributed by atoms with Crippen LogP contribution in [0.4, 0.5) is 15.0 Å². The van der Waals surface area contributed by atoms with E-state index in [0.29, 0.717) is 23.0 Å². The normalized spacial score (nSPS) is 15.8. The van der Waals surface area contributed by atoms with Gasteiger partial charge in [-0.25, -0.2) is 28.6 Å². The molecule has 0 bridgehead atoms. The van der Waals surface area contributed by atoms with Crippen LogP contribution in [0.3, 0.4) is 0 Å². The number of amides is 1. The van der Waals surface area contributed by atoms with Crippen LogP contribution in [0.5, 0.6) is 0 Å². The molecule has 0 saturated carbocycles. The van der Waals surface area contributed by atoms with E-state index in [4.69, 9.17) is 9.72 Å². The van der Waals surface area contributed by atoms with Crippen LogP contribution >= 0.6 is 0 Å². The Morgan fingerprint density at radius 2 is 1.91 bits per heavy atom. The molecule has 34 heavy (non-hydrogen) atoms. The van der Waals surface area contributed by atoms with Gasteiger partial charge in [0.15, 0.2) is 11.5 Å². The molecule has 6 rings (SSSR count). The highest BCUT2D eigenvalue weighted by molar-refractivity contribution is 5.90. The van der Waals surface area contributed by atoms with Crippen molar-refractivity contribution in [1.29, 1.82) is 0 Å². The fourth-order valence-electron chi connectivity index (χ4n) is 3.99. The van der Waals surface area contributed by atoms with Crippen molar-refractivity contribution in [2.75, 3.05) is 11.5 Å². The number of H-pyrrole nitrogens is 1.